The van der Waals surface area contributed by atoms with Crippen LogP contribution in [-0.4, -0.2) is 28.0 Å². The maximum Gasteiger partial charge on any atom is 0.228 e. The number of methoxy groups -OCH3 is 1. The Hall–Kier alpha value is -3.67. The third-order valence-electron chi connectivity index (χ3n) is 4.16. The van der Waals surface area contributed by atoms with E-state index in [2.05, 4.69) is 15.5 Å². The van der Waals surface area contributed by atoms with Gasteiger partial charge in [-0.05, 0) is 35.9 Å². The van der Waals surface area contributed by atoms with Gasteiger partial charge >= 0.3 is 0 Å². The van der Waals surface area contributed by atoms with E-state index in [1.165, 1.54) is 0 Å². The fourth-order valence-electron chi connectivity index (χ4n) is 2.83. The first-order valence-electron chi connectivity index (χ1n) is 8.56. The van der Waals surface area contributed by atoms with Gasteiger partial charge in [-0.15, -0.1) is 10.2 Å². The van der Waals surface area contributed by atoms with Gasteiger partial charge in [-0.3, -0.25) is 4.79 Å². The lowest BCUT2D eigenvalue weighted by atomic mass is 10.1. The first-order chi connectivity index (χ1) is 13.2. The first-order valence-corrected chi connectivity index (χ1v) is 8.56. The van der Waals surface area contributed by atoms with Crippen molar-refractivity contribution in [1.82, 2.24) is 15.0 Å². The average Bonchev–Trinajstić information content (AvgIpc) is 3.12. The molecule has 0 saturated carbocycles. The number of benzene rings is 3. The van der Waals surface area contributed by atoms with E-state index in [4.69, 9.17) is 4.74 Å². The third kappa shape index (κ3) is 3.79. The minimum atomic E-state index is -0.0688. The van der Waals surface area contributed by atoms with Crippen LogP contribution in [0, 0.1) is 0 Å². The van der Waals surface area contributed by atoms with E-state index in [0.29, 0.717) is 17.6 Å². The van der Waals surface area contributed by atoms with E-state index >= 15 is 0 Å². The second-order valence-corrected chi connectivity index (χ2v) is 6.10. The molecular formula is C21H18N4O2. The normalized spacial score (nSPS) is 10.7. The van der Waals surface area contributed by atoms with Gasteiger partial charge in [-0.2, -0.15) is 4.80 Å². The summed E-state index contributed by atoms with van der Waals surface area (Å²) in [6, 6.07) is 22.7. The van der Waals surface area contributed by atoms with Crippen LogP contribution in [0.15, 0.2) is 72.8 Å². The van der Waals surface area contributed by atoms with Gasteiger partial charge in [0.15, 0.2) is 0 Å². The Kier molecular flexibility index (Phi) is 4.53. The van der Waals surface area contributed by atoms with Gasteiger partial charge in [0, 0.05) is 11.8 Å². The number of anilines is 1. The highest BCUT2D eigenvalue weighted by atomic mass is 16.5. The van der Waals surface area contributed by atoms with Gasteiger partial charge in [0.1, 0.15) is 16.8 Å². The highest BCUT2D eigenvalue weighted by Gasteiger charge is 2.09. The molecule has 1 N–H and O–H groups in total. The smallest absolute Gasteiger partial charge is 0.228 e. The summed E-state index contributed by atoms with van der Waals surface area (Å²) < 4.78 is 5.25. The molecule has 0 aliphatic rings. The van der Waals surface area contributed by atoms with E-state index in [1.807, 2.05) is 72.8 Å². The molecule has 134 valence electrons. The molecule has 0 saturated heterocycles. The number of fused-ring (bicyclic) bond motifs is 1. The molecule has 0 spiro atoms. The van der Waals surface area contributed by atoms with Crippen molar-refractivity contribution in [3.63, 3.8) is 0 Å². The second kappa shape index (κ2) is 7.29. The molecule has 1 aromatic heterocycles. The molecule has 0 unspecified atom stereocenters. The molecule has 4 rings (SSSR count). The lowest BCUT2D eigenvalue weighted by molar-refractivity contribution is -0.115. The van der Waals surface area contributed by atoms with Gasteiger partial charge < -0.3 is 10.1 Å². The summed E-state index contributed by atoms with van der Waals surface area (Å²) in [6.07, 6.45) is 0.329. The molecule has 1 heterocycles. The number of hydrogen-bond acceptors (Lipinski definition) is 4. The fraction of sp³-hybridized carbons (Fsp3) is 0.0952. The molecule has 1 amide bonds. The van der Waals surface area contributed by atoms with Crippen molar-refractivity contribution >= 4 is 22.6 Å². The minimum absolute atomic E-state index is 0.0688. The van der Waals surface area contributed by atoms with E-state index in [0.717, 1.165) is 22.5 Å². The molecular weight excluding hydrogens is 340 g/mol. The van der Waals surface area contributed by atoms with Gasteiger partial charge in [0.25, 0.3) is 0 Å². The molecule has 0 radical (unpaired) electrons. The number of rotatable bonds is 5. The van der Waals surface area contributed by atoms with Crippen LogP contribution in [0.25, 0.3) is 16.7 Å². The van der Waals surface area contributed by atoms with Crippen molar-refractivity contribution < 1.29 is 9.53 Å². The lowest BCUT2D eigenvalue weighted by Gasteiger charge is -2.05. The highest BCUT2D eigenvalue weighted by molar-refractivity contribution is 5.94. The summed E-state index contributed by atoms with van der Waals surface area (Å²) in [7, 11) is 1.62. The zero-order valence-electron chi connectivity index (χ0n) is 14.8. The van der Waals surface area contributed by atoms with Crippen LogP contribution in [-0.2, 0) is 11.2 Å². The standard InChI is InChI=1S/C21H18N4O2/c1-27-18-9-5-8-17(14-18)25-23-19-11-10-16(13-20(19)24-25)22-21(26)12-15-6-3-2-4-7-15/h2-11,13-14H,12H2,1H3,(H,22,26). The SMILES string of the molecule is COc1cccc(-n2nc3ccc(NC(=O)Cc4ccccc4)cc3n2)c1. The fourth-order valence-corrected chi connectivity index (χ4v) is 2.83. The molecule has 6 nitrogen and oxygen atoms in total. The van der Waals surface area contributed by atoms with Crippen LogP contribution in [0.2, 0.25) is 0 Å². The molecule has 27 heavy (non-hydrogen) atoms. The summed E-state index contributed by atoms with van der Waals surface area (Å²) in [6.45, 7) is 0. The topological polar surface area (TPSA) is 69.0 Å². The molecule has 0 bridgehead atoms. The summed E-state index contributed by atoms with van der Waals surface area (Å²) >= 11 is 0. The molecule has 0 aliphatic carbocycles. The van der Waals surface area contributed by atoms with Crippen molar-refractivity contribution in [2.75, 3.05) is 12.4 Å². The number of hydrogen-bond donors (Lipinski definition) is 1. The predicted molar refractivity (Wildman–Crippen MR) is 104 cm³/mol. The summed E-state index contributed by atoms with van der Waals surface area (Å²) in [4.78, 5) is 13.8. The van der Waals surface area contributed by atoms with Crippen LogP contribution < -0.4 is 10.1 Å². The highest BCUT2D eigenvalue weighted by Crippen LogP contribution is 2.20. The quantitative estimate of drug-likeness (QED) is 0.592. The average molecular weight is 358 g/mol. The number of nitrogens with zero attached hydrogens (tertiary/aromatic N) is 3. The molecule has 3 aromatic carbocycles. The second-order valence-electron chi connectivity index (χ2n) is 6.10. The summed E-state index contributed by atoms with van der Waals surface area (Å²) in [5.41, 5.74) is 3.93. The van der Waals surface area contributed by atoms with E-state index in [1.54, 1.807) is 11.9 Å². The van der Waals surface area contributed by atoms with Crippen LogP contribution in [0.3, 0.4) is 0 Å². The largest absolute Gasteiger partial charge is 0.497 e. The van der Waals surface area contributed by atoms with Gasteiger partial charge in [-0.1, -0.05) is 36.4 Å². The van der Waals surface area contributed by atoms with Crippen LogP contribution in [0.1, 0.15) is 5.56 Å². The van der Waals surface area contributed by atoms with E-state index in [-0.39, 0.29) is 5.91 Å². The molecule has 0 atom stereocenters. The summed E-state index contributed by atoms with van der Waals surface area (Å²) in [5, 5.41) is 11.9. The Morgan fingerprint density at radius 3 is 2.59 bits per heavy atom. The van der Waals surface area contributed by atoms with Crippen molar-refractivity contribution in [2.24, 2.45) is 0 Å². The lowest BCUT2D eigenvalue weighted by Crippen LogP contribution is -2.14. The van der Waals surface area contributed by atoms with Crippen molar-refractivity contribution in [2.45, 2.75) is 6.42 Å². The van der Waals surface area contributed by atoms with E-state index < -0.39 is 0 Å². The monoisotopic (exact) mass is 358 g/mol. The molecule has 4 aromatic rings. The Labute approximate surface area is 156 Å². The van der Waals surface area contributed by atoms with E-state index in [9.17, 15) is 4.79 Å². The Balaban J connectivity index is 1.54. The maximum atomic E-state index is 12.2. The number of ether oxygens (including phenoxy) is 1. The number of aromatic nitrogens is 3. The number of nitrogens with one attached hydrogen (secondary N) is 1. The number of carbonyl (C=O) groups excluding carboxylic acids is 1. The van der Waals surface area contributed by atoms with Gasteiger partial charge in [-0.25, -0.2) is 0 Å². The maximum absolute atomic E-state index is 12.2. The summed E-state index contributed by atoms with van der Waals surface area (Å²) in [5.74, 6) is 0.670. The number of carbonyl (C=O) groups is 1. The van der Waals surface area contributed by atoms with Gasteiger partial charge in [0.2, 0.25) is 5.91 Å². The van der Waals surface area contributed by atoms with Crippen molar-refractivity contribution in [3.8, 4) is 11.4 Å². The van der Waals surface area contributed by atoms with Gasteiger partial charge in [0.05, 0.1) is 19.2 Å². The van der Waals surface area contributed by atoms with Crippen LogP contribution >= 0.6 is 0 Å². The Morgan fingerprint density at radius 2 is 1.78 bits per heavy atom. The molecule has 6 heteroatoms. The third-order valence-corrected chi connectivity index (χ3v) is 4.16. The van der Waals surface area contributed by atoms with Crippen LogP contribution in [0.4, 0.5) is 5.69 Å². The first kappa shape index (κ1) is 16.8. The predicted octanol–water partition coefficient (Wildman–Crippen LogP) is 3.61. The minimum Gasteiger partial charge on any atom is -0.497 e. The number of amides is 1. The Morgan fingerprint density at radius 1 is 0.963 bits per heavy atom. The van der Waals surface area contributed by atoms with Crippen molar-refractivity contribution in [1.29, 1.82) is 0 Å². The molecule has 0 aliphatic heterocycles. The zero-order chi connectivity index (χ0) is 18.6. The Bertz CT molecular complexity index is 1090. The van der Waals surface area contributed by atoms with Crippen LogP contribution in [0.5, 0.6) is 5.75 Å². The zero-order valence-corrected chi connectivity index (χ0v) is 14.8. The molecule has 0 fully saturated rings. The van der Waals surface area contributed by atoms with Crippen molar-refractivity contribution in [3.05, 3.63) is 78.4 Å².